The zero-order valence-electron chi connectivity index (χ0n) is 12.0. The van der Waals surface area contributed by atoms with Crippen LogP contribution in [0.3, 0.4) is 0 Å². The Morgan fingerprint density at radius 3 is 1.71 bits per heavy atom. The minimum Gasteiger partial charge on any atom is -0.315 e. The summed E-state index contributed by atoms with van der Waals surface area (Å²) in [7, 11) is -3.41. The Hall–Kier alpha value is 0.0700. The maximum atomic E-state index is 12.6. The van der Waals surface area contributed by atoms with Crippen molar-refractivity contribution in [1.82, 2.24) is 5.09 Å². The molecule has 104 valence electrons. The minimum atomic E-state index is -3.41. The van der Waals surface area contributed by atoms with Crippen LogP contribution in [0, 0.1) is 0 Å². The van der Waals surface area contributed by atoms with E-state index in [1.54, 1.807) is 0 Å². The van der Waals surface area contributed by atoms with Gasteiger partial charge in [-0.2, -0.15) is 0 Å². The van der Waals surface area contributed by atoms with E-state index in [0.29, 0.717) is 6.42 Å². The highest BCUT2D eigenvalue weighted by molar-refractivity contribution is 7.51. The van der Waals surface area contributed by atoms with Crippen molar-refractivity contribution in [2.75, 3.05) is 0 Å². The first kappa shape index (κ1) is 17.1. The summed E-state index contributed by atoms with van der Waals surface area (Å²) in [6.45, 7) is 12.8. The van der Waals surface area contributed by atoms with E-state index in [9.17, 15) is 4.57 Å². The summed E-state index contributed by atoms with van der Waals surface area (Å²) in [6, 6.07) is 0. The molecule has 17 heavy (non-hydrogen) atoms. The number of nitrogens with two attached hydrogens (primary N) is 1. The third kappa shape index (κ3) is 8.75. The molecule has 0 radical (unpaired) electrons. The number of hydrogen-bond acceptors (Lipinski definition) is 4. The van der Waals surface area contributed by atoms with Gasteiger partial charge in [0.25, 0.3) is 0 Å². The quantitative estimate of drug-likeness (QED) is 0.591. The van der Waals surface area contributed by atoms with Crippen LogP contribution in [0.5, 0.6) is 0 Å². The van der Waals surface area contributed by atoms with E-state index < -0.39 is 25.1 Å². The zero-order chi connectivity index (χ0) is 13.9. The molecule has 3 N–H and O–H groups in total. The second kappa shape index (κ2) is 5.81. The highest BCUT2D eigenvalue weighted by Gasteiger charge is 2.36. The average Bonchev–Trinajstić information content (AvgIpc) is 1.94. The van der Waals surface area contributed by atoms with E-state index in [2.05, 4.69) is 5.09 Å². The molecule has 6 heteroatoms. The Balaban J connectivity index is 4.88. The second-order valence-electron chi connectivity index (χ2n) is 6.05. The van der Waals surface area contributed by atoms with Crippen LogP contribution in [-0.2, 0) is 13.6 Å². The summed E-state index contributed by atoms with van der Waals surface area (Å²) in [4.78, 5) is 0. The molecule has 0 saturated carbocycles. The van der Waals surface area contributed by atoms with Gasteiger partial charge in [-0.05, 0) is 48.0 Å². The van der Waals surface area contributed by atoms with Crippen LogP contribution in [-0.4, -0.2) is 17.4 Å². The molecule has 0 aliphatic carbocycles. The van der Waals surface area contributed by atoms with Crippen molar-refractivity contribution in [1.29, 1.82) is 0 Å². The Morgan fingerprint density at radius 1 is 1.12 bits per heavy atom. The summed E-state index contributed by atoms with van der Waals surface area (Å²) in [5.41, 5.74) is 4.62. The van der Waals surface area contributed by atoms with Crippen LogP contribution in [0.1, 0.15) is 54.9 Å². The lowest BCUT2D eigenvalue weighted by molar-refractivity contribution is 0.0427. The van der Waals surface area contributed by atoms with E-state index in [0.717, 1.165) is 0 Å². The molecule has 0 saturated heterocycles. The zero-order valence-corrected chi connectivity index (χ0v) is 12.9. The van der Waals surface area contributed by atoms with Gasteiger partial charge in [-0.1, -0.05) is 6.92 Å². The van der Waals surface area contributed by atoms with Crippen molar-refractivity contribution < 1.29 is 13.6 Å². The molecule has 0 aromatic rings. The molecule has 0 heterocycles. The maximum absolute atomic E-state index is 12.6. The predicted octanol–water partition coefficient (Wildman–Crippen LogP) is 3.01. The molecule has 0 spiro atoms. The summed E-state index contributed by atoms with van der Waals surface area (Å²) in [6.07, 6.45) is 0.232. The molecule has 0 amide bonds. The lowest BCUT2D eigenvalue weighted by atomic mass is 10.2. The first-order valence-electron chi connectivity index (χ1n) is 5.92. The van der Waals surface area contributed by atoms with Gasteiger partial charge in [0, 0.05) is 0 Å². The normalized spacial score (nSPS) is 16.0. The van der Waals surface area contributed by atoms with Gasteiger partial charge in [-0.25, -0.2) is 9.65 Å². The van der Waals surface area contributed by atoms with Crippen LogP contribution < -0.4 is 10.8 Å². The summed E-state index contributed by atoms with van der Waals surface area (Å²) >= 11 is 0. The van der Waals surface area contributed by atoms with Crippen molar-refractivity contribution in [2.45, 2.75) is 72.3 Å². The summed E-state index contributed by atoms with van der Waals surface area (Å²) in [5.74, 6) is 0. The topological polar surface area (TPSA) is 73.6 Å². The molecular weight excluding hydrogens is 239 g/mol. The summed E-state index contributed by atoms with van der Waals surface area (Å²) < 4.78 is 23.6. The molecule has 0 aliphatic heterocycles. The van der Waals surface area contributed by atoms with Crippen LogP contribution in [0.25, 0.3) is 0 Å². The van der Waals surface area contributed by atoms with Gasteiger partial charge in [0.05, 0.1) is 17.4 Å². The van der Waals surface area contributed by atoms with Crippen molar-refractivity contribution in [3.8, 4) is 0 Å². The van der Waals surface area contributed by atoms with Gasteiger partial charge in [0.1, 0.15) is 0 Å². The lowest BCUT2D eigenvalue weighted by Crippen LogP contribution is -2.39. The van der Waals surface area contributed by atoms with Crippen molar-refractivity contribution >= 4 is 7.75 Å². The Morgan fingerprint density at radius 2 is 1.47 bits per heavy atom. The van der Waals surface area contributed by atoms with Gasteiger partial charge < -0.3 is 5.73 Å². The van der Waals surface area contributed by atoms with Gasteiger partial charge in [0.2, 0.25) is 0 Å². The monoisotopic (exact) mass is 266 g/mol. The van der Waals surface area contributed by atoms with Crippen LogP contribution in [0.15, 0.2) is 0 Å². The standard InChI is InChI=1S/C11H27N2O3P/c1-8-9(12)13-17(14,15-10(2,3)4)16-11(5,6)7/h9H,8,12H2,1-7H3,(H,13,14). The van der Waals surface area contributed by atoms with E-state index in [4.69, 9.17) is 14.8 Å². The Kier molecular flexibility index (Phi) is 5.83. The molecule has 0 aliphatic rings. The largest absolute Gasteiger partial charge is 0.407 e. The third-order valence-corrected chi connectivity index (χ3v) is 3.78. The fourth-order valence-corrected chi connectivity index (χ4v) is 3.26. The number of hydrogen-bond donors (Lipinski definition) is 2. The Labute approximate surface area is 105 Å². The first-order valence-corrected chi connectivity index (χ1v) is 7.46. The second-order valence-corrected chi connectivity index (χ2v) is 7.67. The average molecular weight is 266 g/mol. The molecule has 0 aromatic carbocycles. The first-order chi connectivity index (χ1) is 7.37. The molecule has 0 aromatic heterocycles. The SMILES string of the molecule is CCC(N)NP(=O)(OC(C)(C)C)OC(C)(C)C. The molecule has 1 unspecified atom stereocenters. The van der Waals surface area contributed by atoms with E-state index in [1.807, 2.05) is 48.5 Å². The number of rotatable bonds is 5. The molecule has 1 atom stereocenters. The molecule has 5 nitrogen and oxygen atoms in total. The lowest BCUT2D eigenvalue weighted by Gasteiger charge is -2.33. The van der Waals surface area contributed by atoms with Crippen LogP contribution >= 0.6 is 7.75 Å². The van der Waals surface area contributed by atoms with Crippen LogP contribution in [0.4, 0.5) is 0 Å². The molecular formula is C11H27N2O3P. The highest BCUT2D eigenvalue weighted by atomic mass is 31.2. The molecule has 0 fully saturated rings. The fourth-order valence-electron chi connectivity index (χ4n) is 1.09. The predicted molar refractivity (Wildman–Crippen MR) is 70.7 cm³/mol. The van der Waals surface area contributed by atoms with E-state index in [1.165, 1.54) is 0 Å². The van der Waals surface area contributed by atoms with Gasteiger partial charge in [-0.3, -0.25) is 9.05 Å². The number of nitrogens with one attached hydrogen (secondary N) is 1. The van der Waals surface area contributed by atoms with Crippen molar-refractivity contribution in [3.63, 3.8) is 0 Å². The van der Waals surface area contributed by atoms with Gasteiger partial charge >= 0.3 is 7.75 Å². The van der Waals surface area contributed by atoms with Crippen molar-refractivity contribution in [3.05, 3.63) is 0 Å². The van der Waals surface area contributed by atoms with Gasteiger partial charge in [0.15, 0.2) is 0 Å². The smallest absolute Gasteiger partial charge is 0.315 e. The van der Waals surface area contributed by atoms with Gasteiger partial charge in [-0.15, -0.1) is 0 Å². The highest BCUT2D eigenvalue weighted by Crippen LogP contribution is 2.50. The minimum absolute atomic E-state index is 0.412. The maximum Gasteiger partial charge on any atom is 0.407 e. The van der Waals surface area contributed by atoms with E-state index in [-0.39, 0.29) is 0 Å². The fraction of sp³-hybridized carbons (Fsp3) is 1.00. The Bertz CT molecular complexity index is 261. The van der Waals surface area contributed by atoms with Crippen molar-refractivity contribution in [2.24, 2.45) is 5.73 Å². The third-order valence-electron chi connectivity index (χ3n) is 1.55. The van der Waals surface area contributed by atoms with Crippen LogP contribution in [0.2, 0.25) is 0 Å². The summed E-state index contributed by atoms with van der Waals surface area (Å²) in [5, 5.41) is 2.74. The van der Waals surface area contributed by atoms with E-state index >= 15 is 0 Å². The molecule has 0 rings (SSSR count). The molecule has 0 bridgehead atoms.